The van der Waals surface area contributed by atoms with Crippen molar-refractivity contribution in [2.75, 3.05) is 0 Å². The molecular formula is C17H23NO4. The number of hydrogen-bond acceptors (Lipinski definition) is 3. The molecule has 0 aliphatic rings. The molecule has 1 amide bonds. The highest BCUT2D eigenvalue weighted by Gasteiger charge is 2.23. The zero-order valence-corrected chi connectivity index (χ0v) is 13.3. The maximum atomic E-state index is 11.9. The minimum Gasteiger partial charge on any atom is -0.479 e. The van der Waals surface area contributed by atoms with Crippen LogP contribution >= 0.6 is 0 Å². The third-order valence-electron chi connectivity index (χ3n) is 3.33. The Morgan fingerprint density at radius 2 is 1.68 bits per heavy atom. The first-order chi connectivity index (χ1) is 10.2. The second-order valence-corrected chi connectivity index (χ2v) is 6.28. The van der Waals surface area contributed by atoms with Crippen molar-refractivity contribution >= 4 is 17.7 Å². The van der Waals surface area contributed by atoms with Crippen LogP contribution in [0.15, 0.2) is 30.3 Å². The molecule has 22 heavy (non-hydrogen) atoms. The summed E-state index contributed by atoms with van der Waals surface area (Å²) in [5.74, 6) is -1.37. The summed E-state index contributed by atoms with van der Waals surface area (Å²) in [6.45, 7) is 5.52. The number of benzene rings is 1. The van der Waals surface area contributed by atoms with Gasteiger partial charge in [-0.25, -0.2) is 4.79 Å². The number of hydrogen-bond donors (Lipinski definition) is 2. The molecule has 0 saturated heterocycles. The number of carbonyl (C=O) groups is 3. The monoisotopic (exact) mass is 305 g/mol. The topological polar surface area (TPSA) is 83.5 Å². The van der Waals surface area contributed by atoms with Gasteiger partial charge in [-0.05, 0) is 12.0 Å². The number of carbonyl (C=O) groups excluding carboxylic acids is 2. The highest BCUT2D eigenvalue weighted by Crippen LogP contribution is 2.18. The number of Topliss-reactive ketones (excluding diaryl/α,β-unsaturated/α-hetero) is 1. The second-order valence-electron chi connectivity index (χ2n) is 6.28. The van der Waals surface area contributed by atoms with E-state index in [4.69, 9.17) is 0 Å². The summed E-state index contributed by atoms with van der Waals surface area (Å²) in [7, 11) is 0. The van der Waals surface area contributed by atoms with Crippen molar-refractivity contribution in [3.63, 3.8) is 0 Å². The first-order valence-electron chi connectivity index (χ1n) is 7.32. The molecule has 0 radical (unpaired) electrons. The molecule has 0 unspecified atom stereocenters. The first kappa shape index (κ1) is 17.9. The average Bonchev–Trinajstić information content (AvgIpc) is 2.44. The highest BCUT2D eigenvalue weighted by atomic mass is 16.4. The van der Waals surface area contributed by atoms with Crippen LogP contribution in [0.3, 0.4) is 0 Å². The zero-order chi connectivity index (χ0) is 16.8. The Morgan fingerprint density at radius 1 is 1.09 bits per heavy atom. The lowest BCUT2D eigenvalue weighted by Gasteiger charge is -2.17. The van der Waals surface area contributed by atoms with E-state index in [2.05, 4.69) is 5.32 Å². The second kappa shape index (κ2) is 7.73. The largest absolute Gasteiger partial charge is 0.479 e. The van der Waals surface area contributed by atoms with Crippen molar-refractivity contribution in [2.45, 2.75) is 46.1 Å². The third-order valence-corrected chi connectivity index (χ3v) is 3.33. The highest BCUT2D eigenvalue weighted by molar-refractivity contribution is 5.86. The van der Waals surface area contributed by atoms with Crippen molar-refractivity contribution in [1.82, 2.24) is 5.32 Å². The van der Waals surface area contributed by atoms with E-state index >= 15 is 0 Å². The van der Waals surface area contributed by atoms with Crippen molar-refractivity contribution < 1.29 is 19.5 Å². The molecule has 0 aliphatic heterocycles. The normalized spacial score (nSPS) is 12.5. The maximum Gasteiger partial charge on any atom is 0.330 e. The Labute approximate surface area is 130 Å². The fourth-order valence-electron chi connectivity index (χ4n) is 1.95. The van der Waals surface area contributed by atoms with Crippen LogP contribution in [0.2, 0.25) is 0 Å². The van der Waals surface area contributed by atoms with Gasteiger partial charge >= 0.3 is 5.97 Å². The van der Waals surface area contributed by atoms with E-state index in [1.807, 2.05) is 20.8 Å². The Balaban J connectivity index is 2.52. The van der Waals surface area contributed by atoms with E-state index in [-0.39, 0.29) is 18.1 Å². The van der Waals surface area contributed by atoms with E-state index in [1.54, 1.807) is 30.3 Å². The zero-order valence-electron chi connectivity index (χ0n) is 13.3. The molecule has 0 bridgehead atoms. The molecule has 1 rings (SSSR count). The number of carboxylic acid groups (broad SMARTS) is 1. The van der Waals surface area contributed by atoms with E-state index < -0.39 is 17.4 Å². The van der Waals surface area contributed by atoms with Gasteiger partial charge in [0.1, 0.15) is 5.78 Å². The number of carboxylic acids is 1. The van der Waals surface area contributed by atoms with Crippen molar-refractivity contribution in [3.8, 4) is 0 Å². The van der Waals surface area contributed by atoms with Gasteiger partial charge < -0.3 is 10.4 Å². The lowest BCUT2D eigenvalue weighted by molar-refractivity contribution is -0.142. The van der Waals surface area contributed by atoms with Gasteiger partial charge in [0.15, 0.2) is 6.04 Å². The minimum absolute atomic E-state index is 0.0955. The smallest absolute Gasteiger partial charge is 0.330 e. The summed E-state index contributed by atoms with van der Waals surface area (Å²) in [5.41, 5.74) is 0.110. The fourth-order valence-corrected chi connectivity index (χ4v) is 1.95. The van der Waals surface area contributed by atoms with Crippen LogP contribution in [0.5, 0.6) is 0 Å². The quantitative estimate of drug-likeness (QED) is 0.811. The molecule has 1 aromatic rings. The molecule has 0 aromatic heterocycles. The van der Waals surface area contributed by atoms with Gasteiger partial charge in [0.05, 0.1) is 0 Å². The van der Waals surface area contributed by atoms with Gasteiger partial charge in [-0.2, -0.15) is 0 Å². The van der Waals surface area contributed by atoms with Gasteiger partial charge in [-0.1, -0.05) is 51.1 Å². The number of amides is 1. The molecule has 120 valence electrons. The molecule has 2 N–H and O–H groups in total. The summed E-state index contributed by atoms with van der Waals surface area (Å²) in [6.07, 6.45) is 0.876. The van der Waals surface area contributed by atoms with Crippen LogP contribution in [-0.2, 0) is 14.4 Å². The molecule has 5 nitrogen and oxygen atoms in total. The molecule has 5 heteroatoms. The molecule has 0 heterocycles. The standard InChI is InChI=1S/C17H23NO4/c1-17(2,3)13(19)10-7-11-14(20)18-15(16(21)22)12-8-5-4-6-9-12/h4-6,8-9,15H,7,10-11H2,1-3H3,(H,18,20)(H,21,22)/t15-/m0/s1. The molecule has 0 spiro atoms. The molecule has 1 aromatic carbocycles. The lowest BCUT2D eigenvalue weighted by atomic mass is 9.88. The van der Waals surface area contributed by atoms with Gasteiger partial charge in [0, 0.05) is 18.3 Å². The van der Waals surface area contributed by atoms with Gasteiger partial charge in [-0.3, -0.25) is 9.59 Å². The number of nitrogens with one attached hydrogen (secondary N) is 1. The predicted molar refractivity (Wildman–Crippen MR) is 83.3 cm³/mol. The predicted octanol–water partition coefficient (Wildman–Crippen LogP) is 2.71. The van der Waals surface area contributed by atoms with Crippen LogP contribution < -0.4 is 5.32 Å². The van der Waals surface area contributed by atoms with E-state index in [1.165, 1.54) is 0 Å². The summed E-state index contributed by atoms with van der Waals surface area (Å²) in [6, 6.07) is 7.47. The fraction of sp³-hybridized carbons (Fsp3) is 0.471. The summed E-state index contributed by atoms with van der Waals surface area (Å²) in [4.78, 5) is 34.9. The van der Waals surface area contributed by atoms with Crippen molar-refractivity contribution in [2.24, 2.45) is 5.41 Å². The van der Waals surface area contributed by atoms with Gasteiger partial charge in [0.2, 0.25) is 5.91 Å². The Kier molecular flexibility index (Phi) is 6.28. The molecule has 0 fully saturated rings. The van der Waals surface area contributed by atoms with Crippen LogP contribution in [0.4, 0.5) is 0 Å². The summed E-state index contributed by atoms with van der Waals surface area (Å²) >= 11 is 0. The van der Waals surface area contributed by atoms with Crippen LogP contribution in [0, 0.1) is 5.41 Å². The number of aliphatic carboxylic acids is 1. The molecule has 0 saturated carbocycles. The van der Waals surface area contributed by atoms with Gasteiger partial charge in [-0.15, -0.1) is 0 Å². The summed E-state index contributed by atoms with van der Waals surface area (Å²) in [5, 5.41) is 11.7. The average molecular weight is 305 g/mol. The molecule has 0 aliphatic carbocycles. The number of ketones is 1. The maximum absolute atomic E-state index is 11.9. The van der Waals surface area contributed by atoms with Crippen LogP contribution in [0.25, 0.3) is 0 Å². The van der Waals surface area contributed by atoms with E-state index in [0.717, 1.165) is 0 Å². The van der Waals surface area contributed by atoms with Crippen molar-refractivity contribution in [3.05, 3.63) is 35.9 Å². The van der Waals surface area contributed by atoms with Gasteiger partial charge in [0.25, 0.3) is 0 Å². The molecule has 1 atom stereocenters. The Hall–Kier alpha value is -2.17. The number of rotatable bonds is 7. The Morgan fingerprint density at radius 3 is 2.18 bits per heavy atom. The Bertz CT molecular complexity index is 531. The van der Waals surface area contributed by atoms with Crippen molar-refractivity contribution in [1.29, 1.82) is 0 Å². The van der Waals surface area contributed by atoms with E-state index in [9.17, 15) is 19.5 Å². The van der Waals surface area contributed by atoms with E-state index in [0.29, 0.717) is 18.4 Å². The first-order valence-corrected chi connectivity index (χ1v) is 7.32. The summed E-state index contributed by atoms with van der Waals surface area (Å²) < 4.78 is 0. The SMILES string of the molecule is CC(C)(C)C(=O)CCCC(=O)N[C@H](C(=O)O)c1ccccc1. The minimum atomic E-state index is -1.11. The third kappa shape index (κ3) is 5.68. The lowest BCUT2D eigenvalue weighted by Crippen LogP contribution is -2.33. The van der Waals surface area contributed by atoms with Crippen LogP contribution in [-0.4, -0.2) is 22.8 Å². The molecular weight excluding hydrogens is 282 g/mol. The van der Waals surface area contributed by atoms with Crippen LogP contribution in [0.1, 0.15) is 51.6 Å².